The molecule has 0 spiro atoms. The van der Waals surface area contributed by atoms with Gasteiger partial charge in [0, 0.05) is 22.8 Å². The van der Waals surface area contributed by atoms with Gasteiger partial charge < -0.3 is 10.5 Å². The third-order valence-corrected chi connectivity index (χ3v) is 2.96. The average molecular weight is 299 g/mol. The standard InChI is InChI=1S/C17H14FNO3/c18-15-8-4-2-5-12(15)9-10-16(20)22-11-13-6-1-3-7-14(13)17(19)21/h1-10H,11H2,(H2,19,21)/b10-9+. The van der Waals surface area contributed by atoms with Gasteiger partial charge in [-0.25, -0.2) is 9.18 Å². The van der Waals surface area contributed by atoms with Gasteiger partial charge in [-0.05, 0) is 18.2 Å². The molecule has 0 aliphatic heterocycles. The topological polar surface area (TPSA) is 69.4 Å². The van der Waals surface area contributed by atoms with Crippen molar-refractivity contribution in [3.05, 3.63) is 77.1 Å². The maximum atomic E-state index is 13.4. The van der Waals surface area contributed by atoms with Gasteiger partial charge in [0.15, 0.2) is 0 Å². The molecule has 0 saturated heterocycles. The van der Waals surface area contributed by atoms with Crippen molar-refractivity contribution in [3.8, 4) is 0 Å². The molecule has 0 radical (unpaired) electrons. The summed E-state index contributed by atoms with van der Waals surface area (Å²) in [6.45, 7) is -0.0838. The zero-order valence-corrected chi connectivity index (χ0v) is 11.7. The molecule has 0 aliphatic carbocycles. The Balaban J connectivity index is 1.99. The maximum Gasteiger partial charge on any atom is 0.331 e. The number of ether oxygens (including phenoxy) is 1. The molecule has 2 rings (SSSR count). The van der Waals surface area contributed by atoms with Gasteiger partial charge >= 0.3 is 5.97 Å². The van der Waals surface area contributed by atoms with Crippen molar-refractivity contribution in [3.63, 3.8) is 0 Å². The predicted molar refractivity (Wildman–Crippen MR) is 80.2 cm³/mol. The van der Waals surface area contributed by atoms with Crippen molar-refractivity contribution in [1.82, 2.24) is 0 Å². The summed E-state index contributed by atoms with van der Waals surface area (Å²) in [4.78, 5) is 22.9. The van der Waals surface area contributed by atoms with Crippen LogP contribution >= 0.6 is 0 Å². The fourth-order valence-corrected chi connectivity index (χ4v) is 1.85. The monoisotopic (exact) mass is 299 g/mol. The molecule has 0 fully saturated rings. The Morgan fingerprint density at radius 3 is 2.50 bits per heavy atom. The number of esters is 1. The van der Waals surface area contributed by atoms with Gasteiger partial charge in [0.25, 0.3) is 0 Å². The average Bonchev–Trinajstić information content (AvgIpc) is 2.52. The number of amides is 1. The predicted octanol–water partition coefficient (Wildman–Crippen LogP) is 2.68. The van der Waals surface area contributed by atoms with Crippen LogP contribution in [-0.4, -0.2) is 11.9 Å². The van der Waals surface area contributed by atoms with E-state index in [0.717, 1.165) is 6.08 Å². The fraction of sp³-hybridized carbons (Fsp3) is 0.0588. The summed E-state index contributed by atoms with van der Waals surface area (Å²) < 4.78 is 18.4. The minimum atomic E-state index is -0.637. The molecule has 5 heteroatoms. The molecular formula is C17H14FNO3. The number of rotatable bonds is 5. The molecule has 0 unspecified atom stereocenters. The van der Waals surface area contributed by atoms with E-state index < -0.39 is 17.7 Å². The van der Waals surface area contributed by atoms with E-state index in [4.69, 9.17) is 10.5 Å². The van der Waals surface area contributed by atoms with Crippen molar-refractivity contribution in [2.75, 3.05) is 0 Å². The van der Waals surface area contributed by atoms with Crippen LogP contribution in [0, 0.1) is 5.82 Å². The Labute approximate surface area is 127 Å². The van der Waals surface area contributed by atoms with E-state index in [-0.39, 0.29) is 12.2 Å². The second kappa shape index (κ2) is 7.17. The lowest BCUT2D eigenvalue weighted by molar-refractivity contribution is -0.138. The number of benzene rings is 2. The van der Waals surface area contributed by atoms with Crippen molar-refractivity contribution in [1.29, 1.82) is 0 Å². The summed E-state index contributed by atoms with van der Waals surface area (Å²) >= 11 is 0. The molecule has 4 nitrogen and oxygen atoms in total. The Kier molecular flexibility index (Phi) is 5.03. The largest absolute Gasteiger partial charge is 0.458 e. The molecule has 22 heavy (non-hydrogen) atoms. The molecule has 0 atom stereocenters. The summed E-state index contributed by atoms with van der Waals surface area (Å²) in [6, 6.07) is 12.7. The molecule has 0 aromatic heterocycles. The van der Waals surface area contributed by atoms with Gasteiger partial charge in [0.2, 0.25) is 5.91 Å². The van der Waals surface area contributed by atoms with E-state index in [1.807, 2.05) is 0 Å². The van der Waals surface area contributed by atoms with Crippen LogP contribution < -0.4 is 5.73 Å². The molecule has 0 heterocycles. The first-order valence-electron chi connectivity index (χ1n) is 6.55. The Hall–Kier alpha value is -2.95. The lowest BCUT2D eigenvalue weighted by Crippen LogP contribution is -2.14. The Morgan fingerprint density at radius 1 is 1.09 bits per heavy atom. The second-order valence-corrected chi connectivity index (χ2v) is 4.48. The molecule has 0 aliphatic rings. The molecule has 0 saturated carbocycles. The number of primary amides is 1. The molecular weight excluding hydrogens is 285 g/mol. The molecule has 2 aromatic carbocycles. The van der Waals surface area contributed by atoms with Crippen LogP contribution in [0.1, 0.15) is 21.5 Å². The molecule has 1 amide bonds. The first-order valence-corrected chi connectivity index (χ1v) is 6.55. The number of carbonyl (C=O) groups excluding carboxylic acids is 2. The lowest BCUT2D eigenvalue weighted by atomic mass is 10.1. The summed E-state index contributed by atoms with van der Waals surface area (Å²) in [5.41, 5.74) is 6.34. The Bertz CT molecular complexity index is 725. The smallest absolute Gasteiger partial charge is 0.331 e. The van der Waals surface area contributed by atoms with Gasteiger partial charge in [-0.2, -0.15) is 0 Å². The maximum absolute atomic E-state index is 13.4. The van der Waals surface area contributed by atoms with Crippen LogP contribution in [0.4, 0.5) is 4.39 Å². The van der Waals surface area contributed by atoms with Crippen molar-refractivity contribution in [2.24, 2.45) is 5.73 Å². The fourth-order valence-electron chi connectivity index (χ4n) is 1.85. The summed E-state index contributed by atoms with van der Waals surface area (Å²) in [6.07, 6.45) is 2.46. The van der Waals surface area contributed by atoms with Crippen LogP contribution in [0.3, 0.4) is 0 Å². The van der Waals surface area contributed by atoms with Gasteiger partial charge in [-0.1, -0.05) is 36.4 Å². The van der Waals surface area contributed by atoms with E-state index >= 15 is 0 Å². The molecule has 0 bridgehead atoms. The zero-order valence-electron chi connectivity index (χ0n) is 11.7. The number of halogens is 1. The normalized spacial score (nSPS) is 10.6. The van der Waals surface area contributed by atoms with Crippen LogP contribution in [0.25, 0.3) is 6.08 Å². The number of carbonyl (C=O) groups is 2. The number of hydrogen-bond donors (Lipinski definition) is 1. The lowest BCUT2D eigenvalue weighted by Gasteiger charge is -2.06. The van der Waals surface area contributed by atoms with Crippen LogP contribution in [0.5, 0.6) is 0 Å². The van der Waals surface area contributed by atoms with E-state index in [2.05, 4.69) is 0 Å². The zero-order chi connectivity index (χ0) is 15.9. The second-order valence-electron chi connectivity index (χ2n) is 4.48. The SMILES string of the molecule is NC(=O)c1ccccc1COC(=O)/C=C/c1ccccc1F. The van der Waals surface area contributed by atoms with Crippen molar-refractivity contribution < 1.29 is 18.7 Å². The summed E-state index contributed by atoms with van der Waals surface area (Å²) in [5.74, 6) is -1.65. The minimum Gasteiger partial charge on any atom is -0.458 e. The highest BCUT2D eigenvalue weighted by molar-refractivity contribution is 5.94. The first-order chi connectivity index (χ1) is 10.6. The van der Waals surface area contributed by atoms with E-state index in [9.17, 15) is 14.0 Å². The molecule has 2 N–H and O–H groups in total. The summed E-state index contributed by atoms with van der Waals surface area (Å²) in [5, 5.41) is 0. The number of hydrogen-bond acceptors (Lipinski definition) is 3. The first kappa shape index (κ1) is 15.4. The number of nitrogens with two attached hydrogens (primary N) is 1. The van der Waals surface area contributed by atoms with E-state index in [1.54, 1.807) is 42.5 Å². The highest BCUT2D eigenvalue weighted by Gasteiger charge is 2.08. The highest BCUT2D eigenvalue weighted by Crippen LogP contribution is 2.11. The highest BCUT2D eigenvalue weighted by atomic mass is 19.1. The van der Waals surface area contributed by atoms with Crippen molar-refractivity contribution >= 4 is 18.0 Å². The van der Waals surface area contributed by atoms with Crippen LogP contribution in [0.2, 0.25) is 0 Å². The van der Waals surface area contributed by atoms with Gasteiger partial charge in [0.05, 0.1) is 0 Å². The third-order valence-electron chi connectivity index (χ3n) is 2.96. The van der Waals surface area contributed by atoms with Crippen LogP contribution in [0.15, 0.2) is 54.6 Å². The quantitative estimate of drug-likeness (QED) is 0.681. The van der Waals surface area contributed by atoms with E-state index in [0.29, 0.717) is 11.1 Å². The van der Waals surface area contributed by atoms with Gasteiger partial charge in [-0.3, -0.25) is 4.79 Å². The molecule has 2 aromatic rings. The van der Waals surface area contributed by atoms with Crippen LogP contribution in [-0.2, 0) is 16.1 Å². The minimum absolute atomic E-state index is 0.0838. The summed E-state index contributed by atoms with van der Waals surface area (Å²) in [7, 11) is 0. The van der Waals surface area contributed by atoms with Gasteiger partial charge in [-0.15, -0.1) is 0 Å². The Morgan fingerprint density at radius 2 is 1.77 bits per heavy atom. The van der Waals surface area contributed by atoms with E-state index in [1.165, 1.54) is 12.1 Å². The molecule has 112 valence electrons. The van der Waals surface area contributed by atoms with Crippen molar-refractivity contribution in [2.45, 2.75) is 6.61 Å². The van der Waals surface area contributed by atoms with Gasteiger partial charge in [0.1, 0.15) is 12.4 Å². The third kappa shape index (κ3) is 4.02.